The summed E-state index contributed by atoms with van der Waals surface area (Å²) in [6.45, 7) is 0. The SMILES string of the molecule is c1ccc(-c2cccc(-c3cccc(N(c4ccc(-c5ccc(-c6cccc(-c7ccc8ccccc8c7)c6)cc5)cc4)c4ccc5c(c4)sc4ccccc45)c3)c2)cc1. The summed E-state index contributed by atoms with van der Waals surface area (Å²) in [5.41, 5.74) is 15.4. The number of benzene rings is 10. The molecule has 2 heteroatoms. The lowest BCUT2D eigenvalue weighted by atomic mass is 9.96. The number of nitrogens with zero attached hydrogens (tertiary/aromatic N) is 1. The van der Waals surface area contributed by atoms with Crippen LogP contribution in [0.5, 0.6) is 0 Å². The second kappa shape index (κ2) is 15.3. The van der Waals surface area contributed by atoms with Crippen LogP contribution in [0.4, 0.5) is 17.1 Å². The Morgan fingerprint density at radius 3 is 1.40 bits per heavy atom. The van der Waals surface area contributed by atoms with E-state index in [1.807, 2.05) is 11.3 Å². The Morgan fingerprint density at radius 2 is 0.683 bits per heavy atom. The van der Waals surface area contributed by atoms with Gasteiger partial charge in [-0.2, -0.15) is 0 Å². The van der Waals surface area contributed by atoms with Gasteiger partial charge in [-0.15, -0.1) is 11.3 Å². The Morgan fingerprint density at radius 1 is 0.233 bits per heavy atom. The number of rotatable bonds is 8. The van der Waals surface area contributed by atoms with Crippen molar-refractivity contribution in [2.45, 2.75) is 0 Å². The highest BCUT2D eigenvalue weighted by Gasteiger charge is 2.16. The van der Waals surface area contributed by atoms with Gasteiger partial charge in [0.25, 0.3) is 0 Å². The zero-order valence-corrected chi connectivity index (χ0v) is 33.7. The molecule has 0 spiro atoms. The van der Waals surface area contributed by atoms with Crippen LogP contribution in [0, 0.1) is 0 Å². The van der Waals surface area contributed by atoms with Crippen LogP contribution in [-0.4, -0.2) is 0 Å². The zero-order chi connectivity index (χ0) is 39.8. The molecule has 1 heterocycles. The summed E-state index contributed by atoms with van der Waals surface area (Å²) in [5.74, 6) is 0. The fourth-order valence-corrected chi connectivity index (χ4v) is 9.68. The van der Waals surface area contributed by atoms with E-state index in [9.17, 15) is 0 Å². The van der Waals surface area contributed by atoms with Crippen molar-refractivity contribution in [1.82, 2.24) is 0 Å². The second-order valence-electron chi connectivity index (χ2n) is 15.4. The lowest BCUT2D eigenvalue weighted by Gasteiger charge is -2.26. The first-order valence-corrected chi connectivity index (χ1v) is 21.3. The molecule has 11 rings (SSSR count). The van der Waals surface area contributed by atoms with Crippen molar-refractivity contribution >= 4 is 59.3 Å². The average Bonchev–Trinajstić information content (AvgIpc) is 3.70. The molecule has 11 aromatic rings. The van der Waals surface area contributed by atoms with E-state index in [1.54, 1.807) is 0 Å². The summed E-state index contributed by atoms with van der Waals surface area (Å²) in [7, 11) is 0. The Labute approximate surface area is 354 Å². The molecular weight excluding hydrogens is 743 g/mol. The molecule has 282 valence electrons. The van der Waals surface area contributed by atoms with E-state index in [-0.39, 0.29) is 0 Å². The molecule has 0 fully saturated rings. The monoisotopic (exact) mass is 781 g/mol. The third kappa shape index (κ3) is 6.83. The first kappa shape index (κ1) is 35.6. The Balaban J connectivity index is 0.928. The van der Waals surface area contributed by atoms with Gasteiger partial charge in [-0.1, -0.05) is 176 Å². The highest BCUT2D eigenvalue weighted by atomic mass is 32.1. The van der Waals surface area contributed by atoms with E-state index in [4.69, 9.17) is 0 Å². The fourth-order valence-electron chi connectivity index (χ4n) is 8.54. The highest BCUT2D eigenvalue weighted by molar-refractivity contribution is 7.25. The molecule has 60 heavy (non-hydrogen) atoms. The maximum Gasteiger partial charge on any atom is 0.0476 e. The van der Waals surface area contributed by atoms with E-state index in [0.717, 1.165) is 17.1 Å². The van der Waals surface area contributed by atoms with Crippen LogP contribution in [0.1, 0.15) is 0 Å². The Kier molecular flexibility index (Phi) is 9.11. The average molecular weight is 782 g/mol. The van der Waals surface area contributed by atoms with Crippen molar-refractivity contribution in [2.75, 3.05) is 4.90 Å². The van der Waals surface area contributed by atoms with Crippen LogP contribution in [0.2, 0.25) is 0 Å². The molecule has 0 aliphatic rings. The summed E-state index contributed by atoms with van der Waals surface area (Å²) < 4.78 is 2.59. The normalized spacial score (nSPS) is 11.3. The van der Waals surface area contributed by atoms with Crippen molar-refractivity contribution < 1.29 is 0 Å². The molecule has 10 aromatic carbocycles. The van der Waals surface area contributed by atoms with Gasteiger partial charge in [0, 0.05) is 37.2 Å². The van der Waals surface area contributed by atoms with E-state index in [0.29, 0.717) is 0 Å². The number of fused-ring (bicyclic) bond motifs is 4. The first-order valence-electron chi connectivity index (χ1n) is 20.5. The van der Waals surface area contributed by atoms with Crippen LogP contribution in [0.25, 0.3) is 86.6 Å². The molecule has 0 N–H and O–H groups in total. The summed E-state index contributed by atoms with van der Waals surface area (Å²) >= 11 is 1.86. The van der Waals surface area contributed by atoms with Crippen LogP contribution in [-0.2, 0) is 0 Å². The number of thiophene rings is 1. The summed E-state index contributed by atoms with van der Waals surface area (Å²) in [5, 5.41) is 5.13. The Hall–Kier alpha value is -7.52. The standard InChI is InChI=1S/C58H39NS/c1-2-11-40(12-3-1)46-15-8-17-48(35-46)50-19-10-20-53(38-50)59(54-33-34-56-55-21-6-7-22-57(55)60-58(56)39-54)52-31-29-43(30-32-52)42-23-25-44(26-24-42)47-16-9-18-49(36-47)51-28-27-41-13-4-5-14-45(41)37-51/h1-39H. The maximum atomic E-state index is 2.39. The van der Waals surface area contributed by atoms with Crippen molar-refractivity contribution in [3.05, 3.63) is 237 Å². The molecule has 0 aliphatic heterocycles. The van der Waals surface area contributed by atoms with E-state index in [1.165, 1.54) is 86.6 Å². The molecule has 0 radical (unpaired) electrons. The van der Waals surface area contributed by atoms with Gasteiger partial charge >= 0.3 is 0 Å². The van der Waals surface area contributed by atoms with Gasteiger partial charge in [-0.3, -0.25) is 0 Å². The minimum absolute atomic E-state index is 1.11. The molecule has 0 saturated heterocycles. The third-order valence-corrected chi connectivity index (χ3v) is 12.8. The van der Waals surface area contributed by atoms with Crippen molar-refractivity contribution in [2.24, 2.45) is 0 Å². The van der Waals surface area contributed by atoms with Crippen LogP contribution in [0.15, 0.2) is 237 Å². The van der Waals surface area contributed by atoms with Gasteiger partial charge in [-0.05, 0) is 127 Å². The van der Waals surface area contributed by atoms with Gasteiger partial charge in [0.15, 0.2) is 0 Å². The quantitative estimate of drug-likeness (QED) is 0.148. The fraction of sp³-hybridized carbons (Fsp3) is 0. The van der Waals surface area contributed by atoms with Crippen molar-refractivity contribution in [3.8, 4) is 55.6 Å². The maximum absolute atomic E-state index is 2.39. The zero-order valence-electron chi connectivity index (χ0n) is 32.9. The Bertz CT molecular complexity index is 3310. The predicted octanol–water partition coefficient (Wildman–Crippen LogP) is 17.0. The summed E-state index contributed by atoms with van der Waals surface area (Å²) in [6, 6.07) is 86.1. The lowest BCUT2D eigenvalue weighted by Crippen LogP contribution is -2.09. The molecule has 0 unspecified atom stereocenters. The van der Waals surface area contributed by atoms with Gasteiger partial charge in [0.1, 0.15) is 0 Å². The smallest absolute Gasteiger partial charge is 0.0476 e. The topological polar surface area (TPSA) is 3.24 Å². The molecular formula is C58H39NS. The van der Waals surface area contributed by atoms with Crippen LogP contribution >= 0.6 is 11.3 Å². The largest absolute Gasteiger partial charge is 0.310 e. The van der Waals surface area contributed by atoms with Gasteiger partial charge in [0.2, 0.25) is 0 Å². The van der Waals surface area contributed by atoms with Gasteiger partial charge in [0.05, 0.1) is 0 Å². The molecule has 1 aromatic heterocycles. The lowest BCUT2D eigenvalue weighted by molar-refractivity contribution is 1.29. The second-order valence-corrected chi connectivity index (χ2v) is 16.5. The molecule has 1 nitrogen and oxygen atoms in total. The number of anilines is 3. The molecule has 0 atom stereocenters. The van der Waals surface area contributed by atoms with Gasteiger partial charge < -0.3 is 4.90 Å². The number of hydrogen-bond acceptors (Lipinski definition) is 2. The van der Waals surface area contributed by atoms with E-state index < -0.39 is 0 Å². The third-order valence-electron chi connectivity index (χ3n) is 11.7. The molecule has 0 saturated carbocycles. The molecule has 0 aliphatic carbocycles. The first-order chi connectivity index (χ1) is 29.7. The highest BCUT2D eigenvalue weighted by Crippen LogP contribution is 2.42. The minimum Gasteiger partial charge on any atom is -0.310 e. The summed E-state index contributed by atoms with van der Waals surface area (Å²) in [6.07, 6.45) is 0. The van der Waals surface area contributed by atoms with Crippen molar-refractivity contribution in [3.63, 3.8) is 0 Å². The molecule has 0 amide bonds. The van der Waals surface area contributed by atoms with Crippen LogP contribution in [0.3, 0.4) is 0 Å². The minimum atomic E-state index is 1.11. The van der Waals surface area contributed by atoms with Gasteiger partial charge in [-0.25, -0.2) is 0 Å². The molecule has 0 bridgehead atoms. The van der Waals surface area contributed by atoms with Crippen molar-refractivity contribution in [1.29, 1.82) is 0 Å². The number of hydrogen-bond donors (Lipinski definition) is 0. The predicted molar refractivity (Wildman–Crippen MR) is 259 cm³/mol. The summed E-state index contributed by atoms with van der Waals surface area (Å²) in [4.78, 5) is 2.39. The van der Waals surface area contributed by atoms with Crippen LogP contribution < -0.4 is 4.90 Å². The van der Waals surface area contributed by atoms with E-state index in [2.05, 4.69) is 241 Å². The van der Waals surface area contributed by atoms with E-state index >= 15 is 0 Å².